The lowest BCUT2D eigenvalue weighted by molar-refractivity contribution is 1.05. The lowest BCUT2D eigenvalue weighted by Gasteiger charge is -2.13. The van der Waals surface area contributed by atoms with Gasteiger partial charge in [0.2, 0.25) is 0 Å². The fourth-order valence-electron chi connectivity index (χ4n) is 6.19. The van der Waals surface area contributed by atoms with Gasteiger partial charge in [0.1, 0.15) is 0 Å². The van der Waals surface area contributed by atoms with Crippen molar-refractivity contribution in [3.63, 3.8) is 0 Å². The van der Waals surface area contributed by atoms with E-state index >= 15 is 0 Å². The predicted molar refractivity (Wildman–Crippen MR) is 186 cm³/mol. The van der Waals surface area contributed by atoms with E-state index < -0.39 is 0 Å². The summed E-state index contributed by atoms with van der Waals surface area (Å²) in [6.07, 6.45) is 17.8. The van der Waals surface area contributed by atoms with Crippen LogP contribution in [0.3, 0.4) is 0 Å². The number of hydrogen-bond acceptors (Lipinski definition) is 1. The van der Waals surface area contributed by atoms with E-state index in [1.807, 2.05) is 12.2 Å². The molecule has 2 nitrogen and oxygen atoms in total. The highest BCUT2D eigenvalue weighted by Crippen LogP contribution is 2.35. The Morgan fingerprint density at radius 3 is 2.44 bits per heavy atom. The Balaban J connectivity index is 1.20. The van der Waals surface area contributed by atoms with E-state index in [9.17, 15) is 0 Å². The second kappa shape index (κ2) is 11.9. The second-order valence-electron chi connectivity index (χ2n) is 11.1. The number of benzene rings is 5. The normalized spacial score (nSPS) is 13.7. The lowest BCUT2D eigenvalue weighted by Crippen LogP contribution is -1.98. The van der Waals surface area contributed by atoms with E-state index in [0.29, 0.717) is 0 Å². The Kier molecular flexibility index (Phi) is 7.33. The molecule has 0 unspecified atom stereocenters. The molecule has 2 N–H and O–H groups in total. The van der Waals surface area contributed by atoms with E-state index in [1.165, 1.54) is 60.4 Å². The van der Waals surface area contributed by atoms with Gasteiger partial charge in [-0.05, 0) is 94.3 Å². The van der Waals surface area contributed by atoms with Gasteiger partial charge in [-0.15, -0.1) is 0 Å². The Morgan fingerprint density at radius 1 is 0.791 bits per heavy atom. The summed E-state index contributed by atoms with van der Waals surface area (Å²) < 4.78 is 0. The van der Waals surface area contributed by atoms with E-state index in [4.69, 9.17) is 0 Å². The third-order valence-corrected chi connectivity index (χ3v) is 8.31. The molecule has 0 atom stereocenters. The molecule has 1 aromatic heterocycles. The van der Waals surface area contributed by atoms with Crippen LogP contribution in [0.4, 0.5) is 5.69 Å². The highest BCUT2D eigenvalue weighted by Gasteiger charge is 2.13. The number of allylic oxidation sites excluding steroid dienone is 8. The number of anilines is 1. The van der Waals surface area contributed by atoms with Gasteiger partial charge in [0.05, 0.1) is 0 Å². The first-order valence-electron chi connectivity index (χ1n) is 15.0. The zero-order valence-corrected chi connectivity index (χ0v) is 24.2. The molecule has 6 aromatic rings. The highest BCUT2D eigenvalue weighted by atomic mass is 14.9. The molecule has 0 spiro atoms. The van der Waals surface area contributed by atoms with Crippen molar-refractivity contribution >= 4 is 43.8 Å². The van der Waals surface area contributed by atoms with Gasteiger partial charge in [0.25, 0.3) is 0 Å². The van der Waals surface area contributed by atoms with Gasteiger partial charge in [0, 0.05) is 33.2 Å². The molecular weight excluding hydrogens is 520 g/mol. The molecule has 0 amide bonds. The molecule has 7 rings (SSSR count). The highest BCUT2D eigenvalue weighted by molar-refractivity contribution is 6.14. The Labute approximate surface area is 253 Å². The number of hydrogen-bond donors (Lipinski definition) is 2. The quantitative estimate of drug-likeness (QED) is 0.180. The number of aromatic amines is 1. The van der Waals surface area contributed by atoms with Crippen LogP contribution >= 0.6 is 0 Å². The molecule has 0 saturated heterocycles. The summed E-state index contributed by atoms with van der Waals surface area (Å²) in [7, 11) is 0. The minimum absolute atomic E-state index is 0.791. The Hall–Kier alpha value is -5.34. The maximum atomic E-state index is 3.90. The largest absolute Gasteiger partial charge is 0.356 e. The first-order chi connectivity index (χ1) is 21.3. The van der Waals surface area contributed by atoms with Gasteiger partial charge in [-0.3, -0.25) is 0 Å². The number of rotatable bonds is 8. The van der Waals surface area contributed by atoms with Crippen molar-refractivity contribution in [3.05, 3.63) is 169 Å². The predicted octanol–water partition coefficient (Wildman–Crippen LogP) is 11.2. The first kappa shape index (κ1) is 26.6. The van der Waals surface area contributed by atoms with E-state index in [1.54, 1.807) is 0 Å². The summed E-state index contributed by atoms with van der Waals surface area (Å²) in [6, 6.07) is 37.1. The van der Waals surface area contributed by atoms with Gasteiger partial charge in [-0.2, -0.15) is 0 Å². The van der Waals surface area contributed by atoms with Crippen molar-refractivity contribution in [1.82, 2.24) is 4.98 Å². The standard InChI is InChI=1S/C41H34N2/c1-2-3-17-34(42-35-23-21-30(22-24-35)32-16-11-15-31(27-32)29-12-5-4-6-13-29)25-26-37-36-18-8-7-14-33(36)28-40-41(37)38-19-9-10-20-39(38)43-40/h2-5,7-12,14-25,27-28,42-43H,1,6,13,26H2/b17-3-,34-25+. The summed E-state index contributed by atoms with van der Waals surface area (Å²) in [6.45, 7) is 3.90. The van der Waals surface area contributed by atoms with Crippen LogP contribution in [-0.2, 0) is 6.42 Å². The van der Waals surface area contributed by atoms with Gasteiger partial charge >= 0.3 is 0 Å². The molecule has 0 aliphatic heterocycles. The molecule has 5 aromatic carbocycles. The average molecular weight is 555 g/mol. The third kappa shape index (κ3) is 5.48. The SMILES string of the molecule is C=C/C=C\C(=C/Cc1c2ccccc2cc2[nH]c3ccccc3c12)Nc1ccc(-c2cccc(C3=CC=CCC3)c2)cc1. The molecule has 2 heteroatoms. The van der Waals surface area contributed by atoms with E-state index in [-0.39, 0.29) is 0 Å². The summed E-state index contributed by atoms with van der Waals surface area (Å²) in [4.78, 5) is 3.64. The maximum absolute atomic E-state index is 3.90. The maximum Gasteiger partial charge on any atom is 0.0474 e. The van der Waals surface area contributed by atoms with Gasteiger partial charge in [0.15, 0.2) is 0 Å². The van der Waals surface area contributed by atoms with Crippen LogP contribution in [0.15, 0.2) is 158 Å². The third-order valence-electron chi connectivity index (χ3n) is 8.31. The van der Waals surface area contributed by atoms with Gasteiger partial charge < -0.3 is 10.3 Å². The number of fused-ring (bicyclic) bond motifs is 4. The molecular formula is C41H34N2. The molecule has 0 saturated carbocycles. The number of aromatic nitrogens is 1. The van der Waals surface area contributed by atoms with Gasteiger partial charge in [-0.25, -0.2) is 0 Å². The Morgan fingerprint density at radius 2 is 1.60 bits per heavy atom. The number of nitrogens with one attached hydrogen (secondary N) is 2. The minimum atomic E-state index is 0.791. The van der Waals surface area contributed by atoms with Crippen LogP contribution in [0.5, 0.6) is 0 Å². The van der Waals surface area contributed by atoms with Crippen LogP contribution < -0.4 is 5.32 Å². The first-order valence-corrected chi connectivity index (χ1v) is 15.0. The monoisotopic (exact) mass is 554 g/mol. The zero-order chi connectivity index (χ0) is 29.0. The molecule has 1 aliphatic carbocycles. The molecule has 0 bridgehead atoms. The molecule has 0 radical (unpaired) electrons. The summed E-state index contributed by atoms with van der Waals surface area (Å²) >= 11 is 0. The fourth-order valence-corrected chi connectivity index (χ4v) is 6.19. The van der Waals surface area contributed by atoms with Crippen molar-refractivity contribution in [2.75, 3.05) is 5.32 Å². The second-order valence-corrected chi connectivity index (χ2v) is 11.1. The average Bonchev–Trinajstić information content (AvgIpc) is 3.44. The van der Waals surface area contributed by atoms with Crippen molar-refractivity contribution in [2.45, 2.75) is 19.3 Å². The van der Waals surface area contributed by atoms with Crippen LogP contribution in [0.2, 0.25) is 0 Å². The Bertz CT molecular complexity index is 2080. The van der Waals surface area contributed by atoms with Crippen molar-refractivity contribution in [3.8, 4) is 11.1 Å². The smallest absolute Gasteiger partial charge is 0.0474 e. The van der Waals surface area contributed by atoms with Crippen LogP contribution in [-0.4, -0.2) is 4.98 Å². The van der Waals surface area contributed by atoms with Crippen LogP contribution in [0.1, 0.15) is 24.0 Å². The summed E-state index contributed by atoms with van der Waals surface area (Å²) in [5, 5.41) is 8.75. The van der Waals surface area contributed by atoms with Gasteiger partial charge in [-0.1, -0.05) is 116 Å². The topological polar surface area (TPSA) is 27.8 Å². The molecule has 1 aliphatic rings. The lowest BCUT2D eigenvalue weighted by atomic mass is 9.94. The van der Waals surface area contributed by atoms with E-state index in [2.05, 4.69) is 150 Å². The zero-order valence-electron chi connectivity index (χ0n) is 24.2. The minimum Gasteiger partial charge on any atom is -0.356 e. The van der Waals surface area contributed by atoms with Crippen molar-refractivity contribution in [2.24, 2.45) is 0 Å². The molecule has 208 valence electrons. The number of para-hydroxylation sites is 1. The molecule has 1 heterocycles. The van der Waals surface area contributed by atoms with Crippen molar-refractivity contribution in [1.29, 1.82) is 0 Å². The summed E-state index contributed by atoms with van der Waals surface area (Å²) in [5.74, 6) is 0. The van der Waals surface area contributed by atoms with E-state index in [0.717, 1.165) is 30.6 Å². The summed E-state index contributed by atoms with van der Waals surface area (Å²) in [5.41, 5.74) is 10.9. The molecule has 0 fully saturated rings. The van der Waals surface area contributed by atoms with Crippen LogP contribution in [0.25, 0.3) is 49.3 Å². The fraction of sp³-hybridized carbons (Fsp3) is 0.0732. The molecule has 43 heavy (non-hydrogen) atoms. The van der Waals surface area contributed by atoms with Crippen LogP contribution in [0, 0.1) is 0 Å². The number of H-pyrrole nitrogens is 1. The van der Waals surface area contributed by atoms with Crippen molar-refractivity contribution < 1.29 is 0 Å².